The molecule has 0 aromatic heterocycles. The molecule has 16 heavy (non-hydrogen) atoms. The Morgan fingerprint density at radius 2 is 1.06 bits per heavy atom. The predicted molar refractivity (Wildman–Crippen MR) is 60.6 cm³/mol. The van der Waals surface area contributed by atoms with Gasteiger partial charge in [-0.25, -0.2) is 4.79 Å². The zero-order chi connectivity index (χ0) is 12.9. The summed E-state index contributed by atoms with van der Waals surface area (Å²) in [5.74, 6) is 0. The molecule has 0 fully saturated rings. The molecule has 0 atom stereocenters. The van der Waals surface area contributed by atoms with E-state index in [0.717, 1.165) is 0 Å². The minimum atomic E-state index is -2.80. The molecule has 0 bridgehead atoms. The molecular weight excluding hydrogens is 232 g/mol. The van der Waals surface area contributed by atoms with E-state index in [1.807, 2.05) is 27.7 Å². The highest BCUT2D eigenvalue weighted by molar-refractivity contribution is 6.53. The maximum Gasteiger partial charge on any atom is 0.679 e. The Labute approximate surface area is 97.9 Å². The van der Waals surface area contributed by atoms with Crippen LogP contribution in [0.2, 0.25) is 0 Å². The summed E-state index contributed by atoms with van der Waals surface area (Å²) in [6.45, 7) is 10.3. The topological polar surface area (TPSA) is 74.2 Å². The summed E-state index contributed by atoms with van der Waals surface area (Å²) in [4.78, 5) is 8.24. The molecule has 0 saturated heterocycles. The lowest BCUT2D eigenvalue weighted by Gasteiger charge is -2.26. The van der Waals surface area contributed by atoms with Crippen molar-refractivity contribution in [3.8, 4) is 0 Å². The van der Waals surface area contributed by atoms with E-state index in [1.165, 1.54) is 0 Å². The second-order valence-corrected chi connectivity index (χ2v) is 4.48. The van der Waals surface area contributed by atoms with Crippen molar-refractivity contribution >= 4 is 15.5 Å². The molecule has 0 unspecified atom stereocenters. The number of aliphatic hydroxyl groups excluding tert-OH is 1. The Kier molecular flexibility index (Phi) is 14.1. The molecule has 0 aliphatic rings. The Balaban J connectivity index is 0. The van der Waals surface area contributed by atoms with Crippen molar-refractivity contribution in [2.75, 3.05) is 26.4 Å². The molecule has 1 N–H and O–H groups in total. The first-order valence-electron chi connectivity index (χ1n) is 5.23. The van der Waals surface area contributed by atoms with Crippen LogP contribution in [0, 0.1) is 0 Å². The molecule has 6 nitrogen and oxygen atoms in total. The Morgan fingerprint density at radius 1 is 0.875 bits per heavy atom. The third kappa shape index (κ3) is 8.80. The standard InChI is InChI=1S/C8H20O4Si.CHO2/c1-5-9-13(10-6-2,11-7-3)12-8-4;2-1-3/h5-8H2,1-4H3;(H,2,3). The first-order chi connectivity index (χ1) is 7.66. The maximum atomic E-state index is 8.24. The summed E-state index contributed by atoms with van der Waals surface area (Å²) >= 11 is 0. The second-order valence-electron chi connectivity index (χ2n) is 2.32. The van der Waals surface area contributed by atoms with E-state index in [2.05, 4.69) is 0 Å². The fourth-order valence-corrected chi connectivity index (χ4v) is 2.87. The van der Waals surface area contributed by atoms with Crippen molar-refractivity contribution in [3.63, 3.8) is 0 Å². The van der Waals surface area contributed by atoms with E-state index in [1.54, 1.807) is 0 Å². The number of hydrogen-bond acceptors (Lipinski definition) is 5. The SMILES string of the molecule is CCO[Si](OCC)(OCC)OCC.O=[C]O. The van der Waals surface area contributed by atoms with E-state index >= 15 is 0 Å². The summed E-state index contributed by atoms with van der Waals surface area (Å²) in [6.07, 6.45) is 0. The fraction of sp³-hybridized carbons (Fsp3) is 0.889. The lowest BCUT2D eigenvalue weighted by molar-refractivity contribution is -0.0247. The molecule has 0 amide bonds. The van der Waals surface area contributed by atoms with Crippen molar-refractivity contribution < 1.29 is 27.6 Å². The summed E-state index contributed by atoms with van der Waals surface area (Å²) in [7, 11) is -2.80. The van der Waals surface area contributed by atoms with Crippen LogP contribution in [0.3, 0.4) is 0 Å². The molecular formula is C9H21O6Si. The van der Waals surface area contributed by atoms with Crippen LogP contribution >= 0.6 is 0 Å². The van der Waals surface area contributed by atoms with E-state index in [-0.39, 0.29) is 0 Å². The molecule has 97 valence electrons. The zero-order valence-corrected chi connectivity index (χ0v) is 11.3. The van der Waals surface area contributed by atoms with E-state index in [9.17, 15) is 0 Å². The largest absolute Gasteiger partial charge is 0.679 e. The van der Waals surface area contributed by atoms with Gasteiger partial charge in [0.1, 0.15) is 0 Å². The van der Waals surface area contributed by atoms with Crippen molar-refractivity contribution in [1.29, 1.82) is 0 Å². The van der Waals surface area contributed by atoms with Gasteiger partial charge in [-0.1, -0.05) is 0 Å². The van der Waals surface area contributed by atoms with Gasteiger partial charge >= 0.3 is 15.5 Å². The van der Waals surface area contributed by atoms with Crippen LogP contribution < -0.4 is 0 Å². The monoisotopic (exact) mass is 253 g/mol. The molecule has 0 aromatic rings. The van der Waals surface area contributed by atoms with Crippen LogP contribution in [0.5, 0.6) is 0 Å². The van der Waals surface area contributed by atoms with Gasteiger partial charge < -0.3 is 22.8 Å². The van der Waals surface area contributed by atoms with Crippen LogP contribution in [0.15, 0.2) is 0 Å². The molecule has 1 radical (unpaired) electrons. The van der Waals surface area contributed by atoms with Crippen LogP contribution in [-0.2, 0) is 22.5 Å². The van der Waals surface area contributed by atoms with Gasteiger partial charge in [-0.15, -0.1) is 0 Å². The molecule has 0 rings (SSSR count). The van der Waals surface area contributed by atoms with Gasteiger partial charge in [0.15, 0.2) is 0 Å². The third-order valence-corrected chi connectivity index (χ3v) is 3.85. The van der Waals surface area contributed by atoms with Crippen molar-refractivity contribution in [2.24, 2.45) is 0 Å². The highest BCUT2D eigenvalue weighted by Crippen LogP contribution is 2.11. The van der Waals surface area contributed by atoms with Crippen molar-refractivity contribution in [1.82, 2.24) is 0 Å². The van der Waals surface area contributed by atoms with E-state index < -0.39 is 9.05 Å². The van der Waals surface area contributed by atoms with Gasteiger partial charge in [-0.2, -0.15) is 0 Å². The molecule has 0 aliphatic carbocycles. The van der Waals surface area contributed by atoms with Gasteiger partial charge in [0.05, 0.1) is 0 Å². The fourth-order valence-electron chi connectivity index (χ4n) is 0.957. The maximum absolute atomic E-state index is 8.24. The summed E-state index contributed by atoms with van der Waals surface area (Å²) in [6, 6.07) is 0. The Bertz CT molecular complexity index is 125. The van der Waals surface area contributed by atoms with Crippen molar-refractivity contribution in [2.45, 2.75) is 27.7 Å². The lowest BCUT2D eigenvalue weighted by Crippen LogP contribution is -2.49. The Hall–Kier alpha value is -0.473. The van der Waals surface area contributed by atoms with Crippen LogP contribution in [0.1, 0.15) is 27.7 Å². The number of hydrogen-bond donors (Lipinski definition) is 1. The molecule has 0 saturated carbocycles. The van der Waals surface area contributed by atoms with Crippen molar-refractivity contribution in [3.05, 3.63) is 0 Å². The normalized spacial score (nSPS) is 10.5. The minimum Gasteiger partial charge on any atom is -0.473 e. The average Bonchev–Trinajstić information content (AvgIpc) is 2.20. The zero-order valence-electron chi connectivity index (χ0n) is 10.3. The predicted octanol–water partition coefficient (Wildman–Crippen LogP) is 1.18. The molecule has 7 heteroatoms. The summed E-state index contributed by atoms with van der Waals surface area (Å²) < 4.78 is 21.7. The molecule has 0 heterocycles. The van der Waals surface area contributed by atoms with Crippen LogP contribution in [0.4, 0.5) is 0 Å². The average molecular weight is 253 g/mol. The second kappa shape index (κ2) is 12.6. The van der Waals surface area contributed by atoms with E-state index in [4.69, 9.17) is 27.6 Å². The smallest absolute Gasteiger partial charge is 0.473 e. The van der Waals surface area contributed by atoms with Gasteiger partial charge in [-0.05, 0) is 27.7 Å². The summed E-state index contributed by atoms with van der Waals surface area (Å²) in [5.41, 5.74) is 0. The van der Waals surface area contributed by atoms with E-state index in [0.29, 0.717) is 32.9 Å². The van der Waals surface area contributed by atoms with Gasteiger partial charge in [0.25, 0.3) is 0 Å². The van der Waals surface area contributed by atoms with Crippen LogP contribution in [-0.4, -0.2) is 47.1 Å². The molecule has 0 spiro atoms. The minimum absolute atomic E-state index is 0.500. The van der Waals surface area contributed by atoms with Gasteiger partial charge in [-0.3, -0.25) is 0 Å². The van der Waals surface area contributed by atoms with Crippen LogP contribution in [0.25, 0.3) is 0 Å². The van der Waals surface area contributed by atoms with Gasteiger partial charge in [0, 0.05) is 26.4 Å². The Morgan fingerprint density at radius 3 is 1.19 bits per heavy atom. The highest BCUT2D eigenvalue weighted by Gasteiger charge is 2.44. The van der Waals surface area contributed by atoms with Gasteiger partial charge in [0.2, 0.25) is 0 Å². The lowest BCUT2D eigenvalue weighted by atomic mass is 10.9. The molecule has 0 aliphatic heterocycles. The first kappa shape index (κ1) is 17.9. The summed E-state index contributed by atoms with van der Waals surface area (Å²) in [5, 5.41) is 6.76. The number of rotatable bonds is 8. The first-order valence-corrected chi connectivity index (χ1v) is 6.86. The molecule has 0 aromatic carbocycles. The third-order valence-electron chi connectivity index (χ3n) is 1.28. The quantitative estimate of drug-likeness (QED) is 0.655. The highest BCUT2D eigenvalue weighted by atomic mass is 28.4.